The molecule has 0 unspecified atom stereocenters. The largest absolute Gasteiger partial charge is 0.433 e. The maximum Gasteiger partial charge on any atom is 0.387 e. The molecule has 124 valence electrons. The number of carbonyl (C=O) groups excluding carboxylic acids is 1. The molecule has 0 heterocycles. The Balaban J connectivity index is 2.76. The Morgan fingerprint density at radius 3 is 2.55 bits per heavy atom. The van der Waals surface area contributed by atoms with Crippen LogP contribution in [0.3, 0.4) is 0 Å². The van der Waals surface area contributed by atoms with Crippen molar-refractivity contribution in [2.24, 2.45) is 0 Å². The molecule has 0 aliphatic heterocycles. The third-order valence-electron chi connectivity index (χ3n) is 3.58. The standard InChI is InChI=1S/C15H22F2N2O3/c1-4-15(21,5-2)9-18-14(20)19-12-10(3)7-6-8-11(12)22-13(16)17/h6-8,13,21H,4-5,9H2,1-3H3,(H2,18,19,20). The van der Waals surface area contributed by atoms with Crippen molar-refractivity contribution in [2.45, 2.75) is 45.8 Å². The first-order valence-electron chi connectivity index (χ1n) is 7.13. The summed E-state index contributed by atoms with van der Waals surface area (Å²) in [6.45, 7) is 2.40. The van der Waals surface area contributed by atoms with Crippen LogP contribution in [0.1, 0.15) is 32.3 Å². The van der Waals surface area contributed by atoms with Gasteiger partial charge < -0.3 is 20.5 Å². The predicted octanol–water partition coefficient (Wildman–Crippen LogP) is 3.27. The zero-order chi connectivity index (χ0) is 16.8. The van der Waals surface area contributed by atoms with E-state index in [0.29, 0.717) is 18.4 Å². The summed E-state index contributed by atoms with van der Waals surface area (Å²) in [5.41, 5.74) is -0.211. The second kappa shape index (κ2) is 7.93. The van der Waals surface area contributed by atoms with E-state index in [-0.39, 0.29) is 18.0 Å². The summed E-state index contributed by atoms with van der Waals surface area (Å²) < 4.78 is 29.2. The first-order chi connectivity index (χ1) is 10.3. The van der Waals surface area contributed by atoms with E-state index in [9.17, 15) is 18.7 Å². The molecule has 0 aliphatic carbocycles. The van der Waals surface area contributed by atoms with Crippen LogP contribution in [-0.2, 0) is 0 Å². The van der Waals surface area contributed by atoms with Crippen molar-refractivity contribution in [2.75, 3.05) is 11.9 Å². The number of hydrogen-bond donors (Lipinski definition) is 3. The number of para-hydroxylation sites is 1. The van der Waals surface area contributed by atoms with Gasteiger partial charge in [-0.05, 0) is 31.4 Å². The number of aliphatic hydroxyl groups is 1. The molecule has 0 aliphatic rings. The number of benzene rings is 1. The van der Waals surface area contributed by atoms with Crippen LogP contribution in [0.25, 0.3) is 0 Å². The summed E-state index contributed by atoms with van der Waals surface area (Å²) in [6.07, 6.45) is 0.988. The Kier molecular flexibility index (Phi) is 6.55. The maximum atomic E-state index is 12.4. The lowest BCUT2D eigenvalue weighted by atomic mass is 9.98. The number of hydrogen-bond acceptors (Lipinski definition) is 3. The average molecular weight is 316 g/mol. The number of anilines is 1. The van der Waals surface area contributed by atoms with Gasteiger partial charge in [0.25, 0.3) is 0 Å². The van der Waals surface area contributed by atoms with Crippen molar-refractivity contribution >= 4 is 11.7 Å². The number of amides is 2. The van der Waals surface area contributed by atoms with Gasteiger partial charge in [0.15, 0.2) is 0 Å². The highest BCUT2D eigenvalue weighted by atomic mass is 19.3. The molecule has 0 fully saturated rings. The Morgan fingerprint density at radius 2 is 2.00 bits per heavy atom. The summed E-state index contributed by atoms with van der Waals surface area (Å²) in [4.78, 5) is 11.9. The first kappa shape index (κ1) is 18.2. The average Bonchev–Trinajstić information content (AvgIpc) is 2.48. The lowest BCUT2D eigenvalue weighted by Gasteiger charge is -2.25. The third kappa shape index (κ3) is 5.14. The van der Waals surface area contributed by atoms with Crippen molar-refractivity contribution < 1.29 is 23.4 Å². The molecule has 7 heteroatoms. The van der Waals surface area contributed by atoms with E-state index in [0.717, 1.165) is 0 Å². The van der Waals surface area contributed by atoms with Crippen molar-refractivity contribution in [3.8, 4) is 5.75 Å². The number of nitrogens with one attached hydrogen (secondary N) is 2. The van der Waals surface area contributed by atoms with E-state index >= 15 is 0 Å². The minimum absolute atomic E-state index is 0.0722. The minimum Gasteiger partial charge on any atom is -0.433 e. The van der Waals surface area contributed by atoms with Crippen LogP contribution in [0.15, 0.2) is 18.2 Å². The normalized spacial score (nSPS) is 11.4. The number of alkyl halides is 2. The number of carbonyl (C=O) groups is 1. The zero-order valence-corrected chi connectivity index (χ0v) is 13.0. The van der Waals surface area contributed by atoms with E-state index in [1.54, 1.807) is 19.1 Å². The summed E-state index contributed by atoms with van der Waals surface area (Å²) in [7, 11) is 0. The molecule has 0 atom stereocenters. The molecule has 1 rings (SSSR count). The van der Waals surface area contributed by atoms with Crippen LogP contribution in [0.4, 0.5) is 19.3 Å². The van der Waals surface area contributed by atoms with Crippen molar-refractivity contribution in [3.05, 3.63) is 23.8 Å². The molecule has 1 aromatic carbocycles. The predicted molar refractivity (Wildman–Crippen MR) is 80.4 cm³/mol. The van der Waals surface area contributed by atoms with Gasteiger partial charge in [-0.3, -0.25) is 0 Å². The molecule has 0 bridgehead atoms. The van der Waals surface area contributed by atoms with E-state index in [1.807, 2.05) is 13.8 Å². The second-order valence-corrected chi connectivity index (χ2v) is 5.07. The highest BCUT2D eigenvalue weighted by molar-refractivity contribution is 5.92. The van der Waals surface area contributed by atoms with Gasteiger partial charge in [-0.2, -0.15) is 8.78 Å². The maximum absolute atomic E-state index is 12.4. The number of urea groups is 1. The van der Waals surface area contributed by atoms with Crippen molar-refractivity contribution in [3.63, 3.8) is 0 Å². The number of aryl methyl sites for hydroxylation is 1. The second-order valence-electron chi connectivity index (χ2n) is 5.07. The van der Waals surface area contributed by atoms with Crippen LogP contribution in [0.5, 0.6) is 5.75 Å². The Labute approximate surface area is 128 Å². The van der Waals surface area contributed by atoms with Crippen LogP contribution < -0.4 is 15.4 Å². The van der Waals surface area contributed by atoms with Crippen LogP contribution >= 0.6 is 0 Å². The number of halogens is 2. The SMILES string of the molecule is CCC(O)(CC)CNC(=O)Nc1c(C)cccc1OC(F)F. The van der Waals surface area contributed by atoms with Gasteiger partial charge in [0.1, 0.15) is 5.75 Å². The van der Waals surface area contributed by atoms with Crippen molar-refractivity contribution in [1.82, 2.24) is 5.32 Å². The van der Waals surface area contributed by atoms with Crippen LogP contribution in [0.2, 0.25) is 0 Å². The molecular weight excluding hydrogens is 294 g/mol. The Morgan fingerprint density at radius 1 is 1.36 bits per heavy atom. The van der Waals surface area contributed by atoms with Gasteiger partial charge in [-0.1, -0.05) is 26.0 Å². The molecule has 0 spiro atoms. The molecule has 2 amide bonds. The Bertz CT molecular complexity index is 506. The quantitative estimate of drug-likeness (QED) is 0.723. The molecule has 1 aromatic rings. The molecule has 5 nitrogen and oxygen atoms in total. The summed E-state index contributed by atoms with van der Waals surface area (Å²) in [6, 6.07) is 3.99. The highest BCUT2D eigenvalue weighted by Crippen LogP contribution is 2.29. The first-order valence-corrected chi connectivity index (χ1v) is 7.13. The fourth-order valence-corrected chi connectivity index (χ4v) is 1.90. The highest BCUT2D eigenvalue weighted by Gasteiger charge is 2.23. The summed E-state index contributed by atoms with van der Waals surface area (Å²) in [5.74, 6) is -0.105. The molecule has 22 heavy (non-hydrogen) atoms. The Hall–Kier alpha value is -1.89. The number of ether oxygens (including phenoxy) is 1. The molecule has 0 saturated carbocycles. The fourth-order valence-electron chi connectivity index (χ4n) is 1.90. The van der Waals surface area contributed by atoms with Gasteiger partial charge >= 0.3 is 12.6 Å². The van der Waals surface area contributed by atoms with Gasteiger partial charge in [0.2, 0.25) is 0 Å². The smallest absolute Gasteiger partial charge is 0.387 e. The van der Waals surface area contributed by atoms with Gasteiger partial charge in [-0.25, -0.2) is 4.79 Å². The topological polar surface area (TPSA) is 70.6 Å². The fraction of sp³-hybridized carbons (Fsp3) is 0.533. The molecule has 0 radical (unpaired) electrons. The van der Waals surface area contributed by atoms with Crippen LogP contribution in [-0.4, -0.2) is 29.9 Å². The molecule has 3 N–H and O–H groups in total. The van der Waals surface area contributed by atoms with Gasteiger partial charge in [0, 0.05) is 6.54 Å². The van der Waals surface area contributed by atoms with Crippen LogP contribution in [0, 0.1) is 6.92 Å². The van der Waals surface area contributed by atoms with E-state index in [1.165, 1.54) is 6.07 Å². The van der Waals surface area contributed by atoms with E-state index < -0.39 is 18.2 Å². The lowest BCUT2D eigenvalue weighted by Crippen LogP contribution is -2.43. The lowest BCUT2D eigenvalue weighted by molar-refractivity contribution is -0.0493. The monoisotopic (exact) mass is 316 g/mol. The third-order valence-corrected chi connectivity index (χ3v) is 3.58. The molecular formula is C15H22F2N2O3. The summed E-state index contributed by atoms with van der Waals surface area (Å²) in [5, 5.41) is 15.1. The molecule has 0 aromatic heterocycles. The van der Waals surface area contributed by atoms with E-state index in [4.69, 9.17) is 0 Å². The minimum atomic E-state index is -2.98. The van der Waals surface area contributed by atoms with E-state index in [2.05, 4.69) is 15.4 Å². The van der Waals surface area contributed by atoms with Gasteiger partial charge in [-0.15, -0.1) is 0 Å². The summed E-state index contributed by atoms with van der Waals surface area (Å²) >= 11 is 0. The van der Waals surface area contributed by atoms with Crippen molar-refractivity contribution in [1.29, 1.82) is 0 Å². The molecule has 0 saturated heterocycles. The number of rotatable bonds is 7. The van der Waals surface area contributed by atoms with Gasteiger partial charge in [0.05, 0.1) is 11.3 Å². The zero-order valence-electron chi connectivity index (χ0n) is 13.0.